The number of H-pyrrole nitrogens is 1. The Morgan fingerprint density at radius 3 is 2.43 bits per heavy atom. The first-order chi connectivity index (χ1) is 23.8. The van der Waals surface area contributed by atoms with Crippen LogP contribution < -0.4 is 19.5 Å². The number of methoxy groups -OCH3 is 3. The molecule has 1 atom stereocenters. The fourth-order valence-electron chi connectivity index (χ4n) is 6.67. The first-order valence-electron chi connectivity index (χ1n) is 16.6. The van der Waals surface area contributed by atoms with Gasteiger partial charge in [0, 0.05) is 55.6 Å². The van der Waals surface area contributed by atoms with Crippen molar-refractivity contribution in [1.29, 1.82) is 0 Å². The Hall–Kier alpha value is -4.67. The number of likely N-dealkylation sites (tertiary alicyclic amines) is 1. The van der Waals surface area contributed by atoms with Crippen LogP contribution in [0.3, 0.4) is 0 Å². The van der Waals surface area contributed by atoms with Gasteiger partial charge in [-0.1, -0.05) is 35.9 Å². The highest BCUT2D eigenvalue weighted by Gasteiger charge is 2.25. The van der Waals surface area contributed by atoms with Crippen LogP contribution in [-0.4, -0.2) is 86.3 Å². The van der Waals surface area contributed by atoms with E-state index in [9.17, 15) is 4.79 Å². The molecule has 3 heterocycles. The number of hydrogen-bond donors (Lipinski definition) is 2. The topological polar surface area (TPSA) is 105 Å². The lowest BCUT2D eigenvalue weighted by molar-refractivity contribution is 0.0781. The summed E-state index contributed by atoms with van der Waals surface area (Å²) in [5.41, 5.74) is 4.76. The molecule has 3 aromatic carbocycles. The number of likely N-dealkylation sites (N-methyl/N-ethyl adjacent to an activating group) is 1. The minimum atomic E-state index is -0.122. The number of ether oxygens (including phenoxy) is 3. The van der Waals surface area contributed by atoms with Crippen LogP contribution in [0, 0.1) is 0 Å². The molecule has 10 nitrogen and oxygen atoms in total. The third-order valence-corrected chi connectivity index (χ3v) is 9.61. The van der Waals surface area contributed by atoms with E-state index in [0.29, 0.717) is 46.8 Å². The number of nitrogens with one attached hydrogen (secondary N) is 2. The maximum atomic E-state index is 13.7. The summed E-state index contributed by atoms with van der Waals surface area (Å²) in [7, 11) is 6.47. The largest absolute Gasteiger partial charge is 0.493 e. The Morgan fingerprint density at radius 1 is 1.04 bits per heavy atom. The molecule has 1 amide bonds. The lowest BCUT2D eigenvalue weighted by Gasteiger charge is -2.34. The Morgan fingerprint density at radius 2 is 1.78 bits per heavy atom. The summed E-state index contributed by atoms with van der Waals surface area (Å²) in [5, 5.41) is 4.34. The number of carbonyl (C=O) groups is 1. The number of aromatic nitrogens is 2. The standard InChI is InChI=1S/C38H44ClN5O5/c1-43(37(45)28-22-33(46-2)36(48-4)34(23-28)47-3)24-27(25-10-12-29(39)13-11-25)14-17-44-18-15-30(16-19-44)40-38-41-32-9-5-7-26(35(32)42-38)21-31-8-6-20-49-31/h5-13,20,22-23,27,30H,14-19,21,24H2,1-4H3,(H2,40,41,42). The van der Waals surface area contributed by atoms with E-state index in [1.54, 1.807) is 44.6 Å². The average molecular weight is 686 g/mol. The fourth-order valence-corrected chi connectivity index (χ4v) is 6.80. The number of nitrogens with zero attached hydrogens (tertiary/aromatic N) is 3. The molecule has 0 spiro atoms. The van der Waals surface area contributed by atoms with Gasteiger partial charge in [-0.15, -0.1) is 0 Å². The average Bonchev–Trinajstić information content (AvgIpc) is 3.80. The predicted molar refractivity (Wildman–Crippen MR) is 193 cm³/mol. The summed E-state index contributed by atoms with van der Waals surface area (Å²) in [6.07, 6.45) is 5.34. The van der Waals surface area contributed by atoms with Crippen LogP contribution in [0.1, 0.15) is 52.4 Å². The predicted octanol–water partition coefficient (Wildman–Crippen LogP) is 7.25. The van der Waals surface area contributed by atoms with Gasteiger partial charge in [-0.3, -0.25) is 4.79 Å². The zero-order valence-corrected chi connectivity index (χ0v) is 29.3. The van der Waals surface area contributed by atoms with Gasteiger partial charge < -0.3 is 38.7 Å². The van der Waals surface area contributed by atoms with Crippen LogP contribution >= 0.6 is 11.6 Å². The Kier molecular flexibility index (Phi) is 11.0. The minimum Gasteiger partial charge on any atom is -0.493 e. The highest BCUT2D eigenvalue weighted by molar-refractivity contribution is 6.30. The van der Waals surface area contributed by atoms with Gasteiger partial charge in [0.1, 0.15) is 5.76 Å². The summed E-state index contributed by atoms with van der Waals surface area (Å²) in [5.74, 6) is 3.08. The van der Waals surface area contributed by atoms with E-state index in [4.69, 9.17) is 35.2 Å². The maximum Gasteiger partial charge on any atom is 0.253 e. The number of carbonyl (C=O) groups excluding carboxylic acids is 1. The zero-order valence-electron chi connectivity index (χ0n) is 28.5. The highest BCUT2D eigenvalue weighted by Crippen LogP contribution is 2.38. The number of fused-ring (bicyclic) bond motifs is 1. The van der Waals surface area contributed by atoms with Crippen molar-refractivity contribution >= 4 is 34.5 Å². The minimum absolute atomic E-state index is 0.120. The van der Waals surface area contributed by atoms with Crippen molar-refractivity contribution in [2.75, 3.05) is 59.9 Å². The molecule has 5 aromatic rings. The molecule has 6 rings (SSSR count). The van der Waals surface area contributed by atoms with Gasteiger partial charge in [0.25, 0.3) is 5.91 Å². The van der Waals surface area contributed by atoms with E-state index in [-0.39, 0.29) is 11.8 Å². The molecule has 1 aliphatic heterocycles. The van der Waals surface area contributed by atoms with Gasteiger partial charge >= 0.3 is 0 Å². The molecule has 1 unspecified atom stereocenters. The molecular weight excluding hydrogens is 642 g/mol. The van der Waals surface area contributed by atoms with Crippen molar-refractivity contribution in [3.05, 3.63) is 100 Å². The molecule has 11 heteroatoms. The number of imidazole rings is 1. The summed E-state index contributed by atoms with van der Waals surface area (Å²) in [4.78, 5) is 26.3. The van der Waals surface area contributed by atoms with Crippen LogP contribution in [0.2, 0.25) is 5.02 Å². The summed E-state index contributed by atoms with van der Waals surface area (Å²) < 4.78 is 22.0. The van der Waals surface area contributed by atoms with Crippen molar-refractivity contribution < 1.29 is 23.4 Å². The highest BCUT2D eigenvalue weighted by atomic mass is 35.5. The van der Waals surface area contributed by atoms with Crippen molar-refractivity contribution in [2.24, 2.45) is 0 Å². The second-order valence-electron chi connectivity index (χ2n) is 12.6. The second kappa shape index (κ2) is 15.7. The van der Waals surface area contributed by atoms with Crippen LogP contribution in [-0.2, 0) is 6.42 Å². The fraction of sp³-hybridized carbons (Fsp3) is 0.368. The van der Waals surface area contributed by atoms with Crippen LogP contribution in [0.4, 0.5) is 5.95 Å². The van der Waals surface area contributed by atoms with Crippen molar-refractivity contribution in [3.63, 3.8) is 0 Å². The summed E-state index contributed by atoms with van der Waals surface area (Å²) >= 11 is 6.24. The lowest BCUT2D eigenvalue weighted by Crippen LogP contribution is -2.40. The van der Waals surface area contributed by atoms with E-state index >= 15 is 0 Å². The van der Waals surface area contributed by atoms with E-state index in [1.165, 1.54) is 0 Å². The Balaban J connectivity index is 1.07. The molecular formula is C38H44ClN5O5. The third-order valence-electron chi connectivity index (χ3n) is 9.36. The molecule has 0 radical (unpaired) electrons. The molecule has 2 aromatic heterocycles. The molecule has 0 aliphatic carbocycles. The zero-order chi connectivity index (χ0) is 34.3. The SMILES string of the molecule is COc1cc(C(=O)N(C)CC(CCN2CCC(Nc3nc4c(Cc5ccco5)cccc4[nH]3)CC2)c2ccc(Cl)cc2)cc(OC)c1OC. The maximum absolute atomic E-state index is 13.7. The number of furan rings is 1. The molecule has 1 fully saturated rings. The van der Waals surface area contributed by atoms with Crippen LogP contribution in [0.15, 0.2) is 77.4 Å². The third kappa shape index (κ3) is 8.14. The number of para-hydroxylation sites is 1. The number of anilines is 1. The molecule has 1 aliphatic rings. The smallest absolute Gasteiger partial charge is 0.253 e. The van der Waals surface area contributed by atoms with Crippen LogP contribution in [0.25, 0.3) is 11.0 Å². The number of piperidine rings is 1. The Labute approximate surface area is 292 Å². The first-order valence-corrected chi connectivity index (χ1v) is 17.0. The summed E-state index contributed by atoms with van der Waals surface area (Å²) in [6.45, 7) is 3.43. The van der Waals surface area contributed by atoms with E-state index in [0.717, 1.165) is 72.8 Å². The number of amides is 1. The first kappa shape index (κ1) is 34.2. The molecule has 0 saturated carbocycles. The number of hydrogen-bond acceptors (Lipinski definition) is 8. The van der Waals surface area contributed by atoms with Gasteiger partial charge in [-0.05, 0) is 79.4 Å². The number of halogens is 1. The van der Waals surface area contributed by atoms with Gasteiger partial charge in [-0.25, -0.2) is 4.98 Å². The summed E-state index contributed by atoms with van der Waals surface area (Å²) in [6, 6.07) is 21.8. The normalized spacial score (nSPS) is 14.5. The van der Waals surface area contributed by atoms with E-state index in [1.807, 2.05) is 31.3 Å². The molecule has 258 valence electrons. The quantitative estimate of drug-likeness (QED) is 0.126. The monoisotopic (exact) mass is 685 g/mol. The van der Waals surface area contributed by atoms with Crippen molar-refractivity contribution in [3.8, 4) is 17.2 Å². The van der Waals surface area contributed by atoms with Crippen molar-refractivity contribution in [1.82, 2.24) is 19.8 Å². The van der Waals surface area contributed by atoms with Gasteiger partial charge in [0.15, 0.2) is 11.5 Å². The van der Waals surface area contributed by atoms with E-state index < -0.39 is 0 Å². The van der Waals surface area contributed by atoms with Crippen LogP contribution in [0.5, 0.6) is 17.2 Å². The van der Waals surface area contributed by atoms with Gasteiger partial charge in [-0.2, -0.15) is 0 Å². The molecule has 0 bridgehead atoms. The second-order valence-corrected chi connectivity index (χ2v) is 13.0. The van der Waals surface area contributed by atoms with Gasteiger partial charge in [0.05, 0.1) is 38.6 Å². The number of aromatic amines is 1. The van der Waals surface area contributed by atoms with E-state index in [2.05, 4.69) is 45.5 Å². The lowest BCUT2D eigenvalue weighted by atomic mass is 9.94. The van der Waals surface area contributed by atoms with Crippen molar-refractivity contribution in [2.45, 2.75) is 37.6 Å². The Bertz CT molecular complexity index is 1810. The molecule has 2 N–H and O–H groups in total. The number of benzene rings is 3. The molecule has 49 heavy (non-hydrogen) atoms. The van der Waals surface area contributed by atoms with Gasteiger partial charge in [0.2, 0.25) is 11.7 Å². The number of rotatable bonds is 14. The molecule has 1 saturated heterocycles.